The van der Waals surface area contributed by atoms with E-state index < -0.39 is 0 Å². The summed E-state index contributed by atoms with van der Waals surface area (Å²) in [6.45, 7) is 7.25. The van der Waals surface area contributed by atoms with Crippen molar-refractivity contribution in [2.24, 2.45) is 0 Å². The van der Waals surface area contributed by atoms with E-state index >= 15 is 0 Å². The van der Waals surface area contributed by atoms with Gasteiger partial charge in [-0.05, 0) is 50.1 Å². The van der Waals surface area contributed by atoms with Crippen LogP contribution in [0.1, 0.15) is 30.5 Å². The number of amides is 1. The summed E-state index contributed by atoms with van der Waals surface area (Å²) in [5.41, 5.74) is 2.98. The topological polar surface area (TPSA) is 38.8 Å². The molecular weight excluding hydrogens is 426 g/mol. The minimum absolute atomic E-state index is 0.0867. The second-order valence-electron chi connectivity index (χ2n) is 6.47. The van der Waals surface area contributed by atoms with Gasteiger partial charge in [0, 0.05) is 6.54 Å². The molecule has 29 heavy (non-hydrogen) atoms. The van der Waals surface area contributed by atoms with Crippen LogP contribution in [-0.2, 0) is 11.4 Å². The van der Waals surface area contributed by atoms with Crippen LogP contribution in [-0.4, -0.2) is 28.3 Å². The molecule has 0 unspecified atom stereocenters. The van der Waals surface area contributed by atoms with Crippen LogP contribution in [0.5, 0.6) is 11.5 Å². The van der Waals surface area contributed by atoms with Gasteiger partial charge >= 0.3 is 0 Å². The maximum atomic E-state index is 12.5. The van der Waals surface area contributed by atoms with E-state index in [2.05, 4.69) is 6.07 Å². The van der Waals surface area contributed by atoms with Crippen molar-refractivity contribution in [3.05, 3.63) is 63.0 Å². The standard InChI is InChI=1S/C22H22ClNO3S2/c1-4-24-21(25)19(29-22(24)28)12-16-10-17(23)20(18(11-16)26-5-2)27-13-15-8-6-7-14(3)9-15/h6-12H,4-5,13H2,1-3H3. The zero-order valence-corrected chi connectivity index (χ0v) is 18.9. The Kier molecular flexibility index (Phi) is 7.22. The first-order valence-corrected chi connectivity index (χ1v) is 10.9. The number of thioether (sulfide) groups is 1. The van der Waals surface area contributed by atoms with Crippen LogP contribution in [0, 0.1) is 6.92 Å². The van der Waals surface area contributed by atoms with Crippen molar-refractivity contribution in [3.8, 4) is 11.5 Å². The number of ether oxygens (including phenoxy) is 2. The highest BCUT2D eigenvalue weighted by Gasteiger charge is 2.30. The molecule has 2 aromatic carbocycles. The highest BCUT2D eigenvalue weighted by Crippen LogP contribution is 2.39. The fraction of sp³-hybridized carbons (Fsp3) is 0.273. The Bertz CT molecular complexity index is 975. The number of hydrogen-bond donors (Lipinski definition) is 0. The molecule has 152 valence electrons. The Hall–Kier alpha value is -2.02. The van der Waals surface area contributed by atoms with Crippen LogP contribution >= 0.6 is 35.6 Å². The lowest BCUT2D eigenvalue weighted by Crippen LogP contribution is -2.27. The normalized spacial score (nSPS) is 15.3. The predicted molar refractivity (Wildman–Crippen MR) is 124 cm³/mol. The molecule has 1 aliphatic rings. The van der Waals surface area contributed by atoms with Crippen molar-refractivity contribution in [1.29, 1.82) is 0 Å². The van der Waals surface area contributed by atoms with Crippen molar-refractivity contribution in [2.45, 2.75) is 27.4 Å². The number of likely N-dealkylation sites (N-methyl/N-ethyl adjacent to an activating group) is 1. The molecule has 0 bridgehead atoms. The maximum absolute atomic E-state index is 12.5. The molecular formula is C22H22ClNO3S2. The third-order valence-corrected chi connectivity index (χ3v) is 5.94. The predicted octanol–water partition coefficient (Wildman–Crippen LogP) is 5.85. The number of aryl methyl sites for hydroxylation is 1. The molecule has 1 saturated heterocycles. The number of thiocarbonyl (C=S) groups is 1. The van der Waals surface area contributed by atoms with E-state index in [1.54, 1.807) is 17.0 Å². The van der Waals surface area contributed by atoms with Gasteiger partial charge in [-0.3, -0.25) is 9.69 Å². The molecule has 0 spiro atoms. The average Bonchev–Trinajstić information content (AvgIpc) is 2.94. The van der Waals surface area contributed by atoms with E-state index in [0.29, 0.717) is 45.5 Å². The quantitative estimate of drug-likeness (QED) is 0.393. The van der Waals surface area contributed by atoms with E-state index in [-0.39, 0.29) is 5.91 Å². The van der Waals surface area contributed by atoms with Crippen LogP contribution in [0.2, 0.25) is 5.02 Å². The van der Waals surface area contributed by atoms with Crippen LogP contribution in [0.3, 0.4) is 0 Å². The number of nitrogens with zero attached hydrogens (tertiary/aromatic N) is 1. The van der Waals surface area contributed by atoms with Gasteiger partial charge in [0.25, 0.3) is 5.91 Å². The largest absolute Gasteiger partial charge is 0.490 e. The number of carbonyl (C=O) groups excluding carboxylic acids is 1. The van der Waals surface area contributed by atoms with Crippen molar-refractivity contribution in [3.63, 3.8) is 0 Å². The van der Waals surface area contributed by atoms with Gasteiger partial charge in [-0.2, -0.15) is 0 Å². The fourth-order valence-electron chi connectivity index (χ4n) is 2.96. The number of benzene rings is 2. The molecule has 3 rings (SSSR count). The summed E-state index contributed by atoms with van der Waals surface area (Å²) in [4.78, 5) is 14.6. The number of halogens is 1. The molecule has 0 atom stereocenters. The Morgan fingerprint density at radius 3 is 2.66 bits per heavy atom. The van der Waals surface area contributed by atoms with Gasteiger partial charge in [0.15, 0.2) is 11.5 Å². The molecule has 1 amide bonds. The van der Waals surface area contributed by atoms with Crippen LogP contribution in [0.15, 0.2) is 41.3 Å². The summed E-state index contributed by atoms with van der Waals surface area (Å²) < 4.78 is 12.3. The Morgan fingerprint density at radius 2 is 2.00 bits per heavy atom. The second-order valence-corrected chi connectivity index (χ2v) is 8.55. The molecule has 0 N–H and O–H groups in total. The smallest absolute Gasteiger partial charge is 0.266 e. The first-order chi connectivity index (χ1) is 13.9. The van der Waals surface area contributed by atoms with E-state index in [9.17, 15) is 4.79 Å². The molecule has 7 heteroatoms. The molecule has 0 radical (unpaired) electrons. The summed E-state index contributed by atoms with van der Waals surface area (Å²) in [5, 5.41) is 0.431. The zero-order valence-electron chi connectivity index (χ0n) is 16.5. The van der Waals surface area contributed by atoms with Gasteiger partial charge in [-0.15, -0.1) is 0 Å². The van der Waals surface area contributed by atoms with Crippen molar-refractivity contribution >= 4 is 51.9 Å². The average molecular weight is 448 g/mol. The van der Waals surface area contributed by atoms with Crippen LogP contribution in [0.4, 0.5) is 0 Å². The van der Waals surface area contributed by atoms with Crippen LogP contribution < -0.4 is 9.47 Å². The summed E-state index contributed by atoms with van der Waals surface area (Å²) in [6, 6.07) is 11.7. The van der Waals surface area contributed by atoms with Gasteiger partial charge in [-0.1, -0.05) is 65.4 Å². The molecule has 0 aliphatic carbocycles. The highest BCUT2D eigenvalue weighted by atomic mass is 35.5. The molecule has 4 nitrogen and oxygen atoms in total. The van der Waals surface area contributed by atoms with Gasteiger partial charge in [0.05, 0.1) is 16.5 Å². The van der Waals surface area contributed by atoms with E-state index in [1.807, 2.05) is 45.0 Å². The van der Waals surface area contributed by atoms with E-state index in [1.165, 1.54) is 17.3 Å². The highest BCUT2D eigenvalue weighted by molar-refractivity contribution is 8.26. The number of rotatable bonds is 7. The summed E-state index contributed by atoms with van der Waals surface area (Å²) >= 11 is 13.1. The fourth-order valence-corrected chi connectivity index (χ4v) is 4.61. The molecule has 2 aromatic rings. The molecule has 1 fully saturated rings. The van der Waals surface area contributed by atoms with Crippen molar-refractivity contribution in [2.75, 3.05) is 13.2 Å². The van der Waals surface area contributed by atoms with Crippen molar-refractivity contribution < 1.29 is 14.3 Å². The van der Waals surface area contributed by atoms with E-state index in [4.69, 9.17) is 33.3 Å². The molecule has 1 heterocycles. The van der Waals surface area contributed by atoms with Gasteiger partial charge < -0.3 is 9.47 Å². The van der Waals surface area contributed by atoms with Gasteiger partial charge in [-0.25, -0.2) is 0 Å². The Morgan fingerprint density at radius 1 is 1.21 bits per heavy atom. The van der Waals surface area contributed by atoms with E-state index in [0.717, 1.165) is 11.1 Å². The van der Waals surface area contributed by atoms with Gasteiger partial charge in [0.2, 0.25) is 0 Å². The lowest BCUT2D eigenvalue weighted by Gasteiger charge is -2.15. The SMILES string of the molecule is CCOc1cc(C=C2SC(=S)N(CC)C2=O)cc(Cl)c1OCc1cccc(C)c1. The summed E-state index contributed by atoms with van der Waals surface area (Å²) in [7, 11) is 0. The third kappa shape index (κ3) is 5.13. The second kappa shape index (κ2) is 9.65. The molecule has 1 aliphatic heterocycles. The Balaban J connectivity index is 1.87. The Labute approximate surface area is 185 Å². The minimum Gasteiger partial charge on any atom is -0.490 e. The maximum Gasteiger partial charge on any atom is 0.266 e. The third-order valence-electron chi connectivity index (χ3n) is 4.28. The number of carbonyl (C=O) groups is 1. The monoisotopic (exact) mass is 447 g/mol. The van der Waals surface area contributed by atoms with Gasteiger partial charge in [0.1, 0.15) is 10.9 Å². The first-order valence-electron chi connectivity index (χ1n) is 9.33. The summed E-state index contributed by atoms with van der Waals surface area (Å²) in [5.74, 6) is 0.953. The lowest BCUT2D eigenvalue weighted by molar-refractivity contribution is -0.121. The summed E-state index contributed by atoms with van der Waals surface area (Å²) in [6.07, 6.45) is 1.79. The first kappa shape index (κ1) is 21.7. The lowest BCUT2D eigenvalue weighted by atomic mass is 10.1. The zero-order chi connectivity index (χ0) is 21.0. The van der Waals surface area contributed by atoms with Crippen molar-refractivity contribution in [1.82, 2.24) is 4.90 Å². The van der Waals surface area contributed by atoms with Crippen LogP contribution in [0.25, 0.3) is 6.08 Å². The molecule has 0 aromatic heterocycles. The minimum atomic E-state index is -0.0867. The molecule has 0 saturated carbocycles. The number of hydrogen-bond acceptors (Lipinski definition) is 5.